The maximum atomic E-state index is 12.4. The van der Waals surface area contributed by atoms with Gasteiger partial charge in [0.05, 0.1) is 5.92 Å². The Morgan fingerprint density at radius 3 is 1.83 bits per heavy atom. The topological polar surface area (TPSA) is 54.4 Å². The summed E-state index contributed by atoms with van der Waals surface area (Å²) in [4.78, 5) is 23.9. The molecule has 0 radical (unpaired) electrons. The number of Topliss-reactive ketones (excluding diaryl/α,β-unsaturated/α-hetero) is 1. The van der Waals surface area contributed by atoms with Crippen LogP contribution in [0.4, 0.5) is 0 Å². The third-order valence-corrected chi connectivity index (χ3v) is 4.06. The van der Waals surface area contributed by atoms with Crippen LogP contribution in [0.3, 0.4) is 0 Å². The minimum atomic E-state index is -0.908. The second kappa shape index (κ2) is 8.28. The van der Waals surface area contributed by atoms with E-state index >= 15 is 0 Å². The first-order valence-corrected chi connectivity index (χ1v) is 7.89. The van der Waals surface area contributed by atoms with Crippen LogP contribution >= 0.6 is 0 Å². The Hall–Kier alpha value is -2.42. The molecule has 3 nitrogen and oxygen atoms in total. The number of carbonyl (C=O) groups is 2. The molecule has 1 unspecified atom stereocenters. The fourth-order valence-electron chi connectivity index (χ4n) is 2.67. The average Bonchev–Trinajstić information content (AvgIpc) is 2.56. The molecule has 0 aliphatic heterocycles. The average molecular weight is 310 g/mol. The lowest BCUT2D eigenvalue weighted by Gasteiger charge is -2.15. The zero-order valence-electron chi connectivity index (χ0n) is 13.3. The van der Waals surface area contributed by atoms with Crippen molar-refractivity contribution in [2.24, 2.45) is 11.8 Å². The molecule has 0 spiro atoms. The molecule has 0 heterocycles. The van der Waals surface area contributed by atoms with E-state index in [1.54, 1.807) is 0 Å². The quantitative estimate of drug-likeness (QED) is 0.807. The fourth-order valence-corrected chi connectivity index (χ4v) is 2.67. The highest BCUT2D eigenvalue weighted by Crippen LogP contribution is 2.18. The van der Waals surface area contributed by atoms with Crippen molar-refractivity contribution in [3.63, 3.8) is 0 Å². The second-order valence-corrected chi connectivity index (χ2v) is 5.99. The zero-order valence-corrected chi connectivity index (χ0v) is 13.3. The Bertz CT molecular complexity index is 634. The van der Waals surface area contributed by atoms with Gasteiger partial charge in [-0.3, -0.25) is 9.59 Å². The number of carboxylic acid groups (broad SMARTS) is 1. The summed E-state index contributed by atoms with van der Waals surface area (Å²) >= 11 is 0. The summed E-state index contributed by atoms with van der Waals surface area (Å²) in [6, 6.07) is 19.3. The predicted octanol–water partition coefficient (Wildman–Crippen LogP) is 3.77. The Labute approximate surface area is 137 Å². The number of rotatable bonds is 8. The van der Waals surface area contributed by atoms with Gasteiger partial charge in [-0.2, -0.15) is 0 Å². The summed E-state index contributed by atoms with van der Waals surface area (Å²) in [5.74, 6) is -1.73. The molecular formula is C20H22O3. The Morgan fingerprint density at radius 1 is 0.870 bits per heavy atom. The normalized spacial score (nSPS) is 13.3. The van der Waals surface area contributed by atoms with Gasteiger partial charge in [0, 0.05) is 12.3 Å². The van der Waals surface area contributed by atoms with Crippen LogP contribution in [0.2, 0.25) is 0 Å². The van der Waals surface area contributed by atoms with Crippen LogP contribution in [0, 0.1) is 11.8 Å². The first kappa shape index (κ1) is 16.9. The largest absolute Gasteiger partial charge is 0.481 e. The van der Waals surface area contributed by atoms with E-state index in [0.29, 0.717) is 12.8 Å². The number of carboxylic acids is 1. The van der Waals surface area contributed by atoms with Crippen molar-refractivity contribution in [2.75, 3.05) is 0 Å². The molecule has 2 atom stereocenters. The van der Waals surface area contributed by atoms with Gasteiger partial charge in [-0.05, 0) is 24.0 Å². The van der Waals surface area contributed by atoms with E-state index in [-0.39, 0.29) is 18.1 Å². The van der Waals surface area contributed by atoms with Crippen LogP contribution in [0.5, 0.6) is 0 Å². The lowest BCUT2D eigenvalue weighted by atomic mass is 9.88. The highest BCUT2D eigenvalue weighted by atomic mass is 16.4. The summed E-state index contributed by atoms with van der Waals surface area (Å²) in [5, 5.41) is 9.40. The SMILES string of the molecule is CC(Cc1ccccc1)C(=O)C[C@@H](Cc1ccccc1)C(=O)O. The van der Waals surface area contributed by atoms with Crippen LogP contribution in [-0.2, 0) is 22.4 Å². The van der Waals surface area contributed by atoms with Gasteiger partial charge in [0.15, 0.2) is 0 Å². The fraction of sp³-hybridized carbons (Fsp3) is 0.300. The van der Waals surface area contributed by atoms with E-state index in [2.05, 4.69) is 0 Å². The molecule has 0 bridgehead atoms. The van der Waals surface area contributed by atoms with Gasteiger partial charge in [-0.25, -0.2) is 0 Å². The van der Waals surface area contributed by atoms with Crippen molar-refractivity contribution in [3.05, 3.63) is 71.8 Å². The van der Waals surface area contributed by atoms with Crippen molar-refractivity contribution >= 4 is 11.8 Å². The van der Waals surface area contributed by atoms with E-state index < -0.39 is 11.9 Å². The van der Waals surface area contributed by atoms with Crippen LogP contribution in [0.15, 0.2) is 60.7 Å². The van der Waals surface area contributed by atoms with Gasteiger partial charge in [-0.15, -0.1) is 0 Å². The third-order valence-electron chi connectivity index (χ3n) is 4.06. The molecule has 0 saturated carbocycles. The molecule has 23 heavy (non-hydrogen) atoms. The lowest BCUT2D eigenvalue weighted by Crippen LogP contribution is -2.24. The maximum absolute atomic E-state index is 12.4. The van der Waals surface area contributed by atoms with Crippen molar-refractivity contribution in [1.82, 2.24) is 0 Å². The first-order valence-electron chi connectivity index (χ1n) is 7.89. The highest BCUT2D eigenvalue weighted by molar-refractivity contribution is 5.85. The van der Waals surface area contributed by atoms with Gasteiger partial charge < -0.3 is 5.11 Å². The summed E-state index contributed by atoms with van der Waals surface area (Å²) in [6.45, 7) is 1.87. The molecular weight excluding hydrogens is 288 g/mol. The molecule has 0 fully saturated rings. The van der Waals surface area contributed by atoms with E-state index in [0.717, 1.165) is 11.1 Å². The van der Waals surface area contributed by atoms with E-state index in [9.17, 15) is 14.7 Å². The van der Waals surface area contributed by atoms with Crippen LogP contribution in [0.25, 0.3) is 0 Å². The number of carbonyl (C=O) groups excluding carboxylic acids is 1. The lowest BCUT2D eigenvalue weighted by molar-refractivity contribution is -0.144. The molecule has 0 saturated heterocycles. The number of benzene rings is 2. The third kappa shape index (κ3) is 5.37. The molecule has 3 heteroatoms. The van der Waals surface area contributed by atoms with E-state index in [1.165, 1.54) is 0 Å². The molecule has 2 aromatic carbocycles. The van der Waals surface area contributed by atoms with Crippen LogP contribution in [-0.4, -0.2) is 16.9 Å². The van der Waals surface area contributed by atoms with Gasteiger partial charge in [0.1, 0.15) is 5.78 Å². The number of aliphatic carboxylic acids is 1. The number of ketones is 1. The summed E-state index contributed by atoms with van der Waals surface area (Å²) < 4.78 is 0. The second-order valence-electron chi connectivity index (χ2n) is 5.99. The molecule has 0 aliphatic rings. The first-order chi connectivity index (χ1) is 11.1. The van der Waals surface area contributed by atoms with Crippen LogP contribution in [0.1, 0.15) is 24.5 Å². The minimum absolute atomic E-state index is 0.0113. The molecule has 0 aromatic heterocycles. The van der Waals surface area contributed by atoms with Gasteiger partial charge >= 0.3 is 5.97 Å². The standard InChI is InChI=1S/C20H22O3/c1-15(12-16-8-4-2-5-9-16)19(21)14-18(20(22)23)13-17-10-6-3-7-11-17/h2-11,15,18H,12-14H2,1H3,(H,22,23)/t15?,18-/m1/s1. The molecule has 0 amide bonds. The molecule has 120 valence electrons. The van der Waals surface area contributed by atoms with Crippen molar-refractivity contribution in [2.45, 2.75) is 26.2 Å². The molecule has 2 rings (SSSR count). The van der Waals surface area contributed by atoms with Gasteiger partial charge in [0.25, 0.3) is 0 Å². The Kier molecular flexibility index (Phi) is 6.10. The number of hydrogen-bond donors (Lipinski definition) is 1. The number of hydrogen-bond acceptors (Lipinski definition) is 2. The van der Waals surface area contributed by atoms with Crippen molar-refractivity contribution in [1.29, 1.82) is 0 Å². The molecule has 1 N–H and O–H groups in total. The van der Waals surface area contributed by atoms with Crippen molar-refractivity contribution in [3.8, 4) is 0 Å². The van der Waals surface area contributed by atoms with Crippen molar-refractivity contribution < 1.29 is 14.7 Å². The predicted molar refractivity (Wildman–Crippen MR) is 90.2 cm³/mol. The van der Waals surface area contributed by atoms with Crippen LogP contribution < -0.4 is 0 Å². The monoisotopic (exact) mass is 310 g/mol. The smallest absolute Gasteiger partial charge is 0.307 e. The maximum Gasteiger partial charge on any atom is 0.307 e. The minimum Gasteiger partial charge on any atom is -0.481 e. The highest BCUT2D eigenvalue weighted by Gasteiger charge is 2.24. The molecule has 2 aromatic rings. The Balaban J connectivity index is 1.96. The van der Waals surface area contributed by atoms with E-state index in [4.69, 9.17) is 0 Å². The Morgan fingerprint density at radius 2 is 1.35 bits per heavy atom. The zero-order chi connectivity index (χ0) is 16.7. The summed E-state index contributed by atoms with van der Waals surface area (Å²) in [7, 11) is 0. The summed E-state index contributed by atoms with van der Waals surface area (Å²) in [6.07, 6.45) is 1.12. The molecule has 0 aliphatic carbocycles. The van der Waals surface area contributed by atoms with Gasteiger partial charge in [-0.1, -0.05) is 67.6 Å². The van der Waals surface area contributed by atoms with Gasteiger partial charge in [0.2, 0.25) is 0 Å². The van der Waals surface area contributed by atoms with E-state index in [1.807, 2.05) is 67.6 Å². The summed E-state index contributed by atoms with van der Waals surface area (Å²) in [5.41, 5.74) is 2.05.